The van der Waals surface area contributed by atoms with Crippen LogP contribution in [0.1, 0.15) is 34.6 Å². The third kappa shape index (κ3) is 5.89. The van der Waals surface area contributed by atoms with Crippen molar-refractivity contribution in [3.05, 3.63) is 59.7 Å². The Morgan fingerprint density at radius 3 is 2.12 bits per heavy atom. The van der Waals surface area contributed by atoms with Crippen molar-refractivity contribution >= 4 is 17.6 Å². The van der Waals surface area contributed by atoms with Crippen molar-refractivity contribution in [2.45, 2.75) is 13.8 Å². The van der Waals surface area contributed by atoms with Gasteiger partial charge in [0, 0.05) is 17.9 Å². The summed E-state index contributed by atoms with van der Waals surface area (Å²) in [6.07, 6.45) is 0. The zero-order valence-corrected chi connectivity index (χ0v) is 15.0. The zero-order valence-electron chi connectivity index (χ0n) is 15.0. The van der Waals surface area contributed by atoms with E-state index in [1.54, 1.807) is 55.5 Å². The molecular formula is C20H23NO5. The van der Waals surface area contributed by atoms with Gasteiger partial charge in [0.2, 0.25) is 0 Å². The molecule has 6 nitrogen and oxygen atoms in total. The molecule has 0 saturated carbocycles. The summed E-state index contributed by atoms with van der Waals surface area (Å²) in [6, 6.07) is 13.4. The van der Waals surface area contributed by atoms with Crippen LogP contribution < -0.4 is 10.1 Å². The van der Waals surface area contributed by atoms with E-state index >= 15 is 0 Å². The highest BCUT2D eigenvalue weighted by Gasteiger charge is 2.09. The summed E-state index contributed by atoms with van der Waals surface area (Å²) in [7, 11) is 0. The average molecular weight is 357 g/mol. The molecule has 1 N–H and O–H groups in total. The van der Waals surface area contributed by atoms with Crippen LogP contribution in [0.15, 0.2) is 48.5 Å². The number of nitrogens with one attached hydrogen (secondary N) is 1. The lowest BCUT2D eigenvalue weighted by molar-refractivity contribution is 0.0526. The van der Waals surface area contributed by atoms with Crippen molar-refractivity contribution in [2.75, 3.05) is 31.7 Å². The normalized spacial score (nSPS) is 10.2. The molecular weight excluding hydrogens is 334 g/mol. The molecule has 2 rings (SSSR count). The summed E-state index contributed by atoms with van der Waals surface area (Å²) in [4.78, 5) is 23.9. The van der Waals surface area contributed by atoms with Gasteiger partial charge in [0.1, 0.15) is 12.4 Å². The lowest BCUT2D eigenvalue weighted by atomic mass is 10.1. The van der Waals surface area contributed by atoms with Crippen LogP contribution in [0.5, 0.6) is 5.75 Å². The van der Waals surface area contributed by atoms with Gasteiger partial charge in [-0.3, -0.25) is 4.79 Å². The van der Waals surface area contributed by atoms with E-state index in [4.69, 9.17) is 14.2 Å². The number of amides is 1. The second-order valence-corrected chi connectivity index (χ2v) is 5.32. The second-order valence-electron chi connectivity index (χ2n) is 5.32. The van der Waals surface area contributed by atoms with E-state index in [9.17, 15) is 9.59 Å². The van der Waals surface area contributed by atoms with Crippen molar-refractivity contribution in [3.63, 3.8) is 0 Å². The predicted octanol–water partition coefficient (Wildman–Crippen LogP) is 3.53. The van der Waals surface area contributed by atoms with Crippen molar-refractivity contribution in [1.29, 1.82) is 0 Å². The van der Waals surface area contributed by atoms with Crippen molar-refractivity contribution in [2.24, 2.45) is 0 Å². The SMILES string of the molecule is CCOCCOc1ccc(C(=O)Nc2ccc(C(=O)OCC)cc2)cc1. The Morgan fingerprint density at radius 1 is 0.846 bits per heavy atom. The number of carbonyl (C=O) groups is 2. The molecule has 0 aliphatic carbocycles. The van der Waals surface area contributed by atoms with Crippen LogP contribution in [0.4, 0.5) is 5.69 Å². The van der Waals surface area contributed by atoms with Gasteiger partial charge in [0.05, 0.1) is 18.8 Å². The summed E-state index contributed by atoms with van der Waals surface area (Å²) >= 11 is 0. The van der Waals surface area contributed by atoms with E-state index in [1.807, 2.05) is 6.92 Å². The monoisotopic (exact) mass is 357 g/mol. The van der Waals surface area contributed by atoms with E-state index in [2.05, 4.69) is 5.32 Å². The number of hydrogen-bond donors (Lipinski definition) is 1. The molecule has 26 heavy (non-hydrogen) atoms. The van der Waals surface area contributed by atoms with Crippen LogP contribution >= 0.6 is 0 Å². The lowest BCUT2D eigenvalue weighted by Gasteiger charge is -2.08. The van der Waals surface area contributed by atoms with Crippen molar-refractivity contribution in [3.8, 4) is 5.75 Å². The molecule has 0 heterocycles. The average Bonchev–Trinajstić information content (AvgIpc) is 2.66. The van der Waals surface area contributed by atoms with Crippen LogP contribution in [0.25, 0.3) is 0 Å². The molecule has 6 heteroatoms. The molecule has 0 aliphatic heterocycles. The molecule has 0 bridgehead atoms. The topological polar surface area (TPSA) is 73.9 Å². The van der Waals surface area contributed by atoms with Gasteiger partial charge >= 0.3 is 5.97 Å². The van der Waals surface area contributed by atoms with Gasteiger partial charge < -0.3 is 19.5 Å². The highest BCUT2D eigenvalue weighted by molar-refractivity contribution is 6.04. The molecule has 0 aromatic heterocycles. The number of anilines is 1. The molecule has 0 saturated heterocycles. The number of rotatable bonds is 9. The first kappa shape index (κ1) is 19.5. The zero-order chi connectivity index (χ0) is 18.8. The fourth-order valence-electron chi connectivity index (χ4n) is 2.17. The Labute approximate surface area is 153 Å². The first-order valence-corrected chi connectivity index (χ1v) is 8.53. The maximum Gasteiger partial charge on any atom is 0.338 e. The highest BCUT2D eigenvalue weighted by Crippen LogP contribution is 2.15. The fraction of sp³-hybridized carbons (Fsp3) is 0.300. The number of hydrogen-bond acceptors (Lipinski definition) is 5. The lowest BCUT2D eigenvalue weighted by Crippen LogP contribution is -2.12. The Morgan fingerprint density at radius 2 is 1.50 bits per heavy atom. The van der Waals surface area contributed by atoms with E-state index in [0.717, 1.165) is 0 Å². The summed E-state index contributed by atoms with van der Waals surface area (Å²) in [5.41, 5.74) is 1.55. The molecule has 0 unspecified atom stereocenters. The minimum atomic E-state index is -0.384. The molecule has 2 aromatic carbocycles. The van der Waals surface area contributed by atoms with Crippen molar-refractivity contribution < 1.29 is 23.8 Å². The third-order valence-corrected chi connectivity index (χ3v) is 3.47. The molecule has 0 spiro atoms. The Kier molecular flexibility index (Phi) is 7.64. The Balaban J connectivity index is 1.89. The van der Waals surface area contributed by atoms with E-state index in [0.29, 0.717) is 49.0 Å². The number of carbonyl (C=O) groups excluding carboxylic acids is 2. The quantitative estimate of drug-likeness (QED) is 0.549. The predicted molar refractivity (Wildman–Crippen MR) is 98.8 cm³/mol. The van der Waals surface area contributed by atoms with Gasteiger partial charge in [0.25, 0.3) is 5.91 Å². The third-order valence-electron chi connectivity index (χ3n) is 3.47. The summed E-state index contributed by atoms with van der Waals surface area (Å²) in [5.74, 6) is 0.0556. The van der Waals surface area contributed by atoms with E-state index in [1.165, 1.54) is 0 Å². The summed E-state index contributed by atoms with van der Waals surface area (Å²) in [6.45, 7) is 5.65. The van der Waals surface area contributed by atoms with E-state index < -0.39 is 0 Å². The largest absolute Gasteiger partial charge is 0.491 e. The highest BCUT2D eigenvalue weighted by atomic mass is 16.5. The molecule has 138 valence electrons. The van der Waals surface area contributed by atoms with Gasteiger partial charge in [-0.15, -0.1) is 0 Å². The fourth-order valence-corrected chi connectivity index (χ4v) is 2.17. The maximum atomic E-state index is 12.3. The minimum Gasteiger partial charge on any atom is -0.491 e. The maximum absolute atomic E-state index is 12.3. The molecule has 0 aliphatic rings. The van der Waals surface area contributed by atoms with Crippen LogP contribution in [0.3, 0.4) is 0 Å². The van der Waals surface area contributed by atoms with E-state index in [-0.39, 0.29) is 11.9 Å². The Bertz CT molecular complexity index is 710. The smallest absolute Gasteiger partial charge is 0.338 e. The number of benzene rings is 2. The first-order chi connectivity index (χ1) is 12.6. The van der Waals surface area contributed by atoms with Crippen molar-refractivity contribution in [1.82, 2.24) is 0 Å². The molecule has 2 aromatic rings. The summed E-state index contributed by atoms with van der Waals surface area (Å²) < 4.78 is 15.6. The van der Waals surface area contributed by atoms with Gasteiger partial charge in [-0.1, -0.05) is 0 Å². The minimum absolute atomic E-state index is 0.241. The number of ether oxygens (including phenoxy) is 3. The summed E-state index contributed by atoms with van der Waals surface area (Å²) in [5, 5.41) is 2.78. The van der Waals surface area contributed by atoms with Crippen LogP contribution in [-0.2, 0) is 9.47 Å². The van der Waals surface area contributed by atoms with Crippen LogP contribution in [-0.4, -0.2) is 38.3 Å². The number of esters is 1. The first-order valence-electron chi connectivity index (χ1n) is 8.53. The molecule has 0 radical (unpaired) electrons. The van der Waals surface area contributed by atoms with Gasteiger partial charge in [-0.25, -0.2) is 4.79 Å². The molecule has 1 amide bonds. The van der Waals surface area contributed by atoms with Gasteiger partial charge in [-0.05, 0) is 62.4 Å². The molecule has 0 fully saturated rings. The second kappa shape index (κ2) is 10.2. The standard InChI is InChI=1S/C20H23NO5/c1-3-24-13-14-26-18-11-7-15(8-12-18)19(22)21-17-9-5-16(6-10-17)20(23)25-4-2/h5-12H,3-4,13-14H2,1-2H3,(H,21,22). The Hall–Kier alpha value is -2.86. The van der Waals surface area contributed by atoms with Gasteiger partial charge in [0.15, 0.2) is 0 Å². The van der Waals surface area contributed by atoms with Crippen LogP contribution in [0.2, 0.25) is 0 Å². The molecule has 0 atom stereocenters. The van der Waals surface area contributed by atoms with Gasteiger partial charge in [-0.2, -0.15) is 0 Å². The van der Waals surface area contributed by atoms with Crippen LogP contribution in [0, 0.1) is 0 Å².